The van der Waals surface area contributed by atoms with Crippen LogP contribution in [-0.2, 0) is 31.0 Å². The van der Waals surface area contributed by atoms with Gasteiger partial charge in [-0.2, -0.15) is 34.0 Å². The number of hydrogen-bond donors (Lipinski definition) is 2. The van der Waals surface area contributed by atoms with Crippen molar-refractivity contribution in [1.29, 1.82) is 0 Å². The van der Waals surface area contributed by atoms with Crippen LogP contribution in [0.5, 0.6) is 0 Å². The molecule has 0 bridgehead atoms. The SMILES string of the molecule is CSCCC(NS(=O)(=O)c1cnc(N2CCC(CCCC3CCN(S(=O)(=O)c4ccc(C(F)(F)F)cc4)CC3)CC2)c(Br)c1)C(=O)O. The minimum atomic E-state index is -4.52. The summed E-state index contributed by atoms with van der Waals surface area (Å²) in [6, 6.07) is 3.87. The lowest BCUT2D eigenvalue weighted by molar-refractivity contribution is -0.139. The second kappa shape index (κ2) is 16.2. The fourth-order valence-electron chi connectivity index (χ4n) is 6.05. The van der Waals surface area contributed by atoms with Gasteiger partial charge < -0.3 is 10.0 Å². The third kappa shape index (κ3) is 10.1. The number of piperidine rings is 2. The lowest BCUT2D eigenvalue weighted by atomic mass is 9.87. The molecule has 2 fully saturated rings. The first-order chi connectivity index (χ1) is 22.1. The standard InChI is InChI=1S/C30H40BrF3N4O6S3/c1-45-18-13-27(29(39)40)36-46(41,42)25-19-26(31)28(35-20-25)37-14-9-21(10-15-37)3-2-4-22-11-16-38(17-12-22)47(43,44)24-7-5-23(6-8-24)30(32,33)34/h5-8,19-22,27,36H,2-4,9-18H2,1H3,(H,39,40). The maximum Gasteiger partial charge on any atom is 0.416 e. The molecule has 2 N–H and O–H groups in total. The molecular formula is C30H40BrF3N4O6S3. The number of nitrogens with one attached hydrogen (secondary N) is 1. The first-order valence-electron chi connectivity index (χ1n) is 15.4. The van der Waals surface area contributed by atoms with E-state index >= 15 is 0 Å². The van der Waals surface area contributed by atoms with Gasteiger partial charge in [0.15, 0.2) is 0 Å². The Labute approximate surface area is 287 Å². The number of carboxylic acids is 1. The van der Waals surface area contributed by atoms with E-state index in [1.54, 1.807) is 0 Å². The van der Waals surface area contributed by atoms with Crippen LogP contribution < -0.4 is 9.62 Å². The van der Waals surface area contributed by atoms with Crippen LogP contribution in [0.4, 0.5) is 19.0 Å². The van der Waals surface area contributed by atoms with E-state index in [1.165, 1.54) is 28.3 Å². The predicted molar refractivity (Wildman–Crippen MR) is 178 cm³/mol. The number of rotatable bonds is 14. The zero-order valence-corrected chi connectivity index (χ0v) is 30.0. The minimum absolute atomic E-state index is 0.110. The average Bonchev–Trinajstić information content (AvgIpc) is 3.03. The fraction of sp³-hybridized carbons (Fsp3) is 0.600. The van der Waals surface area contributed by atoms with Crippen LogP contribution in [0, 0.1) is 11.8 Å². The van der Waals surface area contributed by atoms with Gasteiger partial charge in [0.05, 0.1) is 14.9 Å². The highest BCUT2D eigenvalue weighted by molar-refractivity contribution is 9.10. The molecule has 47 heavy (non-hydrogen) atoms. The number of aliphatic carboxylic acids is 1. The number of pyridine rings is 1. The number of carboxylic acid groups (broad SMARTS) is 1. The van der Waals surface area contributed by atoms with Crippen molar-refractivity contribution in [1.82, 2.24) is 14.0 Å². The highest BCUT2D eigenvalue weighted by Crippen LogP contribution is 2.34. The Kier molecular flexibility index (Phi) is 13.1. The third-order valence-electron chi connectivity index (χ3n) is 8.84. The molecule has 0 radical (unpaired) electrons. The Hall–Kier alpha value is -1.92. The normalized spacial score (nSPS) is 18.4. The van der Waals surface area contributed by atoms with Crippen LogP contribution in [0.15, 0.2) is 50.8 Å². The van der Waals surface area contributed by atoms with Crippen LogP contribution >= 0.6 is 27.7 Å². The number of nitrogens with zero attached hydrogens (tertiary/aromatic N) is 3. The number of hydrogen-bond acceptors (Lipinski definition) is 8. The summed E-state index contributed by atoms with van der Waals surface area (Å²) in [5.74, 6) is 0.833. The molecule has 262 valence electrons. The van der Waals surface area contributed by atoms with Crippen molar-refractivity contribution >= 4 is 59.5 Å². The molecule has 2 aliphatic heterocycles. The van der Waals surface area contributed by atoms with Gasteiger partial charge in [-0.1, -0.05) is 19.3 Å². The highest BCUT2D eigenvalue weighted by Gasteiger charge is 2.33. The molecular weight excluding hydrogens is 745 g/mol. The van der Waals surface area contributed by atoms with Crippen molar-refractivity contribution in [3.05, 3.63) is 46.6 Å². The van der Waals surface area contributed by atoms with Crippen LogP contribution in [-0.4, -0.2) is 81.4 Å². The summed E-state index contributed by atoms with van der Waals surface area (Å²) in [5.41, 5.74) is -0.878. The maximum absolute atomic E-state index is 13.0. The van der Waals surface area contributed by atoms with Crippen LogP contribution in [0.3, 0.4) is 0 Å². The number of thioether (sulfide) groups is 1. The number of aromatic nitrogens is 1. The van der Waals surface area contributed by atoms with Crippen molar-refractivity contribution in [3.63, 3.8) is 0 Å². The molecule has 1 aromatic heterocycles. The summed E-state index contributed by atoms with van der Waals surface area (Å²) in [6.07, 6.45) is 5.12. The molecule has 0 saturated carbocycles. The molecule has 0 amide bonds. The van der Waals surface area contributed by atoms with Gasteiger partial charge in [0.2, 0.25) is 20.0 Å². The molecule has 10 nitrogen and oxygen atoms in total. The molecule has 4 rings (SSSR count). The number of halogens is 4. The Morgan fingerprint density at radius 2 is 1.60 bits per heavy atom. The van der Waals surface area contributed by atoms with Gasteiger partial charge in [-0.25, -0.2) is 21.8 Å². The van der Waals surface area contributed by atoms with Gasteiger partial charge in [-0.15, -0.1) is 0 Å². The summed E-state index contributed by atoms with van der Waals surface area (Å²) >= 11 is 4.89. The van der Waals surface area contributed by atoms with E-state index in [1.807, 2.05) is 6.26 Å². The van der Waals surface area contributed by atoms with Gasteiger partial charge >= 0.3 is 12.1 Å². The first-order valence-corrected chi connectivity index (χ1v) is 20.5. The lowest BCUT2D eigenvalue weighted by Crippen LogP contribution is -2.41. The predicted octanol–water partition coefficient (Wildman–Crippen LogP) is 5.84. The topological polar surface area (TPSA) is 137 Å². The molecule has 3 heterocycles. The molecule has 17 heteroatoms. The quantitative estimate of drug-likeness (QED) is 0.242. The Balaban J connectivity index is 1.20. The van der Waals surface area contributed by atoms with Gasteiger partial charge in [-0.05, 0) is 102 Å². The van der Waals surface area contributed by atoms with E-state index in [4.69, 9.17) is 0 Å². The van der Waals surface area contributed by atoms with Gasteiger partial charge in [-0.3, -0.25) is 4.79 Å². The average molecular weight is 786 g/mol. The largest absolute Gasteiger partial charge is 0.480 e. The zero-order chi connectivity index (χ0) is 34.4. The van der Waals surface area contributed by atoms with E-state index in [9.17, 15) is 39.9 Å². The Bertz CT molecular complexity index is 1580. The Morgan fingerprint density at radius 1 is 1.02 bits per heavy atom. The van der Waals surface area contributed by atoms with Gasteiger partial charge in [0.25, 0.3) is 0 Å². The van der Waals surface area contributed by atoms with Crippen molar-refractivity contribution in [2.75, 3.05) is 43.1 Å². The summed E-state index contributed by atoms with van der Waals surface area (Å²) in [5, 5.41) is 9.40. The fourth-order valence-corrected chi connectivity index (χ4v) is 9.93. The van der Waals surface area contributed by atoms with Crippen LogP contribution in [0.1, 0.15) is 56.9 Å². The van der Waals surface area contributed by atoms with Crippen molar-refractivity contribution in [2.45, 2.75) is 73.4 Å². The van der Waals surface area contributed by atoms with E-state index in [0.717, 1.165) is 69.5 Å². The Morgan fingerprint density at radius 3 is 2.11 bits per heavy atom. The zero-order valence-electron chi connectivity index (χ0n) is 26.0. The highest BCUT2D eigenvalue weighted by atomic mass is 79.9. The van der Waals surface area contributed by atoms with Crippen LogP contribution in [0.2, 0.25) is 0 Å². The first kappa shape index (κ1) is 37.9. The van der Waals surface area contributed by atoms with Gasteiger partial charge in [0.1, 0.15) is 16.8 Å². The van der Waals surface area contributed by atoms with Crippen molar-refractivity contribution in [3.8, 4) is 0 Å². The number of anilines is 1. The second-order valence-electron chi connectivity index (χ2n) is 12.0. The molecule has 2 aromatic rings. The number of sulfonamides is 2. The summed E-state index contributed by atoms with van der Waals surface area (Å²) < 4.78 is 94.3. The van der Waals surface area contributed by atoms with Crippen LogP contribution in [0.25, 0.3) is 0 Å². The number of carbonyl (C=O) groups is 1. The summed E-state index contributed by atoms with van der Waals surface area (Å²) in [4.78, 5) is 17.8. The minimum Gasteiger partial charge on any atom is -0.480 e. The van der Waals surface area contributed by atoms with E-state index in [2.05, 4.69) is 30.5 Å². The molecule has 1 atom stereocenters. The van der Waals surface area contributed by atoms with Gasteiger partial charge in [0, 0.05) is 32.4 Å². The number of alkyl halides is 3. The lowest BCUT2D eigenvalue weighted by Gasteiger charge is -2.34. The second-order valence-corrected chi connectivity index (χ2v) is 17.5. The monoisotopic (exact) mass is 784 g/mol. The number of benzene rings is 1. The van der Waals surface area contributed by atoms with E-state index in [-0.39, 0.29) is 16.2 Å². The van der Waals surface area contributed by atoms with Crippen molar-refractivity contribution < 1.29 is 39.9 Å². The van der Waals surface area contributed by atoms with E-state index < -0.39 is 43.8 Å². The molecule has 0 aliphatic carbocycles. The maximum atomic E-state index is 13.0. The van der Waals surface area contributed by atoms with Crippen molar-refractivity contribution in [2.24, 2.45) is 11.8 Å². The molecule has 2 aliphatic rings. The molecule has 0 spiro atoms. The molecule has 1 aromatic carbocycles. The summed E-state index contributed by atoms with van der Waals surface area (Å²) in [6.45, 7) is 2.22. The third-order valence-corrected chi connectivity index (χ3v) is 13.4. The molecule has 2 saturated heterocycles. The molecule has 1 unspecified atom stereocenters. The van der Waals surface area contributed by atoms with E-state index in [0.29, 0.717) is 53.8 Å². The summed E-state index contributed by atoms with van der Waals surface area (Å²) in [7, 11) is -7.92. The smallest absolute Gasteiger partial charge is 0.416 e.